The van der Waals surface area contributed by atoms with E-state index in [1.807, 2.05) is 11.9 Å². The second-order valence-electron chi connectivity index (χ2n) is 5.90. The third-order valence-corrected chi connectivity index (χ3v) is 4.55. The van der Waals surface area contributed by atoms with Crippen molar-refractivity contribution in [3.05, 3.63) is 0 Å². The highest BCUT2D eigenvalue weighted by Crippen LogP contribution is 2.26. The second-order valence-corrected chi connectivity index (χ2v) is 5.90. The highest BCUT2D eigenvalue weighted by atomic mass is 16.4. The fourth-order valence-electron chi connectivity index (χ4n) is 3.25. The van der Waals surface area contributed by atoms with Crippen molar-refractivity contribution in [1.82, 2.24) is 10.2 Å². The Hall–Kier alpha value is -1.26. The Morgan fingerprint density at radius 2 is 1.79 bits per heavy atom. The first-order valence-corrected chi connectivity index (χ1v) is 7.34. The molecular formula is C14H24N2O3. The van der Waals surface area contributed by atoms with Gasteiger partial charge in [-0.3, -0.25) is 4.79 Å². The lowest BCUT2D eigenvalue weighted by molar-refractivity contribution is -0.141. The molecule has 5 heteroatoms. The van der Waals surface area contributed by atoms with Crippen LogP contribution in [0, 0.1) is 5.92 Å². The first-order chi connectivity index (χ1) is 9.08. The number of rotatable bonds is 3. The summed E-state index contributed by atoms with van der Waals surface area (Å²) in [5, 5.41) is 11.9. The van der Waals surface area contributed by atoms with Crippen LogP contribution in [-0.4, -0.2) is 41.1 Å². The average Bonchev–Trinajstić information content (AvgIpc) is 2.87. The van der Waals surface area contributed by atoms with E-state index in [2.05, 4.69) is 5.32 Å². The fraction of sp³-hybridized carbons (Fsp3) is 0.857. The summed E-state index contributed by atoms with van der Waals surface area (Å²) in [7, 11) is 1.86. The number of carboxylic acids is 1. The lowest BCUT2D eigenvalue weighted by atomic mass is 9.95. The average molecular weight is 268 g/mol. The number of amides is 2. The Morgan fingerprint density at radius 1 is 1.11 bits per heavy atom. The van der Waals surface area contributed by atoms with Crippen molar-refractivity contribution in [2.45, 2.75) is 63.5 Å². The topological polar surface area (TPSA) is 69.6 Å². The summed E-state index contributed by atoms with van der Waals surface area (Å²) in [6.07, 6.45) is 7.88. The maximum Gasteiger partial charge on any atom is 0.317 e. The van der Waals surface area contributed by atoms with Gasteiger partial charge in [-0.05, 0) is 32.1 Å². The minimum absolute atomic E-state index is 0.0274. The molecule has 2 fully saturated rings. The molecule has 2 atom stereocenters. The quantitative estimate of drug-likeness (QED) is 0.824. The molecule has 0 radical (unpaired) electrons. The van der Waals surface area contributed by atoms with E-state index in [4.69, 9.17) is 5.11 Å². The molecule has 19 heavy (non-hydrogen) atoms. The lowest BCUT2D eigenvalue weighted by Crippen LogP contribution is -2.47. The monoisotopic (exact) mass is 268 g/mol. The van der Waals surface area contributed by atoms with Crippen LogP contribution in [0.3, 0.4) is 0 Å². The summed E-state index contributed by atoms with van der Waals surface area (Å²) >= 11 is 0. The summed E-state index contributed by atoms with van der Waals surface area (Å²) in [5.74, 6) is -1.03. The van der Waals surface area contributed by atoms with Crippen LogP contribution in [0.25, 0.3) is 0 Å². The highest BCUT2D eigenvalue weighted by molar-refractivity contribution is 5.75. The summed E-state index contributed by atoms with van der Waals surface area (Å²) in [6, 6.07) is 0.341. The molecule has 5 nitrogen and oxygen atoms in total. The molecule has 2 unspecified atom stereocenters. The van der Waals surface area contributed by atoms with Crippen LogP contribution >= 0.6 is 0 Å². The van der Waals surface area contributed by atoms with Crippen molar-refractivity contribution in [2.75, 3.05) is 7.05 Å². The predicted octanol–water partition coefficient (Wildman–Crippen LogP) is 2.21. The third kappa shape index (κ3) is 3.61. The normalized spacial score (nSPS) is 28.1. The molecule has 0 aromatic rings. The van der Waals surface area contributed by atoms with Crippen molar-refractivity contribution in [3.8, 4) is 0 Å². The van der Waals surface area contributed by atoms with Crippen LogP contribution in [0.5, 0.6) is 0 Å². The van der Waals surface area contributed by atoms with Crippen molar-refractivity contribution < 1.29 is 14.7 Å². The summed E-state index contributed by atoms with van der Waals surface area (Å²) in [5.41, 5.74) is 0. The van der Waals surface area contributed by atoms with E-state index in [0.717, 1.165) is 19.3 Å². The molecule has 2 aliphatic carbocycles. The van der Waals surface area contributed by atoms with Crippen LogP contribution in [0.1, 0.15) is 51.4 Å². The van der Waals surface area contributed by atoms with Crippen LogP contribution in [0.4, 0.5) is 4.79 Å². The van der Waals surface area contributed by atoms with Gasteiger partial charge in [0.1, 0.15) is 0 Å². The number of nitrogens with one attached hydrogen (secondary N) is 1. The zero-order valence-corrected chi connectivity index (χ0v) is 11.6. The molecule has 0 aromatic carbocycles. The van der Waals surface area contributed by atoms with Crippen molar-refractivity contribution in [2.24, 2.45) is 5.92 Å². The number of urea groups is 1. The molecule has 2 saturated carbocycles. The largest absolute Gasteiger partial charge is 0.481 e. The van der Waals surface area contributed by atoms with Gasteiger partial charge in [-0.25, -0.2) is 4.79 Å². The zero-order valence-electron chi connectivity index (χ0n) is 11.6. The molecule has 0 spiro atoms. The van der Waals surface area contributed by atoms with E-state index in [-0.39, 0.29) is 18.0 Å². The summed E-state index contributed by atoms with van der Waals surface area (Å²) in [6.45, 7) is 0. The standard InChI is InChI=1S/C14H24N2O3/c1-16(12-5-3-2-4-6-12)14(19)15-11-8-7-10(9-11)13(17)18/h10-12H,2-9H2,1H3,(H,15,19)(H,17,18). The van der Waals surface area contributed by atoms with Gasteiger partial charge in [0.2, 0.25) is 0 Å². The maximum atomic E-state index is 12.1. The van der Waals surface area contributed by atoms with Gasteiger partial charge in [-0.1, -0.05) is 19.3 Å². The van der Waals surface area contributed by atoms with E-state index in [1.165, 1.54) is 19.3 Å². The SMILES string of the molecule is CN(C(=O)NC1CCC(C(=O)O)C1)C1CCCCC1. The van der Waals surface area contributed by atoms with Crippen LogP contribution < -0.4 is 5.32 Å². The van der Waals surface area contributed by atoms with E-state index in [1.54, 1.807) is 0 Å². The van der Waals surface area contributed by atoms with Gasteiger partial charge in [0.25, 0.3) is 0 Å². The molecule has 0 bridgehead atoms. The van der Waals surface area contributed by atoms with Crippen molar-refractivity contribution in [3.63, 3.8) is 0 Å². The maximum absolute atomic E-state index is 12.1. The number of hydrogen-bond donors (Lipinski definition) is 2. The number of carboxylic acid groups (broad SMARTS) is 1. The minimum atomic E-state index is -0.739. The molecule has 2 rings (SSSR count). The Kier molecular flexibility index (Phi) is 4.66. The Morgan fingerprint density at radius 3 is 2.37 bits per heavy atom. The summed E-state index contributed by atoms with van der Waals surface area (Å²) in [4.78, 5) is 24.8. The molecule has 108 valence electrons. The Labute approximate surface area is 114 Å². The number of carbonyl (C=O) groups excluding carboxylic acids is 1. The van der Waals surface area contributed by atoms with Crippen molar-refractivity contribution >= 4 is 12.0 Å². The third-order valence-electron chi connectivity index (χ3n) is 4.55. The van der Waals surface area contributed by atoms with Crippen LogP contribution in [-0.2, 0) is 4.79 Å². The minimum Gasteiger partial charge on any atom is -0.481 e. The van der Waals surface area contributed by atoms with Gasteiger partial charge in [0.05, 0.1) is 5.92 Å². The number of aliphatic carboxylic acids is 1. The molecule has 0 aromatic heterocycles. The van der Waals surface area contributed by atoms with Gasteiger partial charge in [0, 0.05) is 19.1 Å². The zero-order chi connectivity index (χ0) is 13.8. The van der Waals surface area contributed by atoms with E-state index in [9.17, 15) is 9.59 Å². The first kappa shape index (κ1) is 14.2. The van der Waals surface area contributed by atoms with Gasteiger partial charge in [-0.15, -0.1) is 0 Å². The van der Waals surface area contributed by atoms with Gasteiger partial charge in [0.15, 0.2) is 0 Å². The van der Waals surface area contributed by atoms with Crippen LogP contribution in [0.2, 0.25) is 0 Å². The summed E-state index contributed by atoms with van der Waals surface area (Å²) < 4.78 is 0. The Bertz CT molecular complexity index is 340. The molecule has 2 N–H and O–H groups in total. The first-order valence-electron chi connectivity index (χ1n) is 7.34. The lowest BCUT2D eigenvalue weighted by Gasteiger charge is -2.32. The van der Waals surface area contributed by atoms with Crippen LogP contribution in [0.15, 0.2) is 0 Å². The highest BCUT2D eigenvalue weighted by Gasteiger charge is 2.32. The fourth-order valence-corrected chi connectivity index (χ4v) is 3.25. The molecular weight excluding hydrogens is 244 g/mol. The van der Waals surface area contributed by atoms with E-state index < -0.39 is 5.97 Å². The number of hydrogen-bond acceptors (Lipinski definition) is 2. The van der Waals surface area contributed by atoms with Gasteiger partial charge >= 0.3 is 12.0 Å². The molecule has 0 aliphatic heterocycles. The smallest absolute Gasteiger partial charge is 0.317 e. The van der Waals surface area contributed by atoms with E-state index in [0.29, 0.717) is 18.9 Å². The Balaban J connectivity index is 1.79. The predicted molar refractivity (Wildman–Crippen MR) is 71.9 cm³/mol. The van der Waals surface area contributed by atoms with Crippen molar-refractivity contribution in [1.29, 1.82) is 0 Å². The number of carbonyl (C=O) groups is 2. The molecule has 2 aliphatic rings. The molecule has 0 heterocycles. The molecule has 0 saturated heterocycles. The van der Waals surface area contributed by atoms with E-state index >= 15 is 0 Å². The van der Waals surface area contributed by atoms with Gasteiger partial charge < -0.3 is 15.3 Å². The van der Waals surface area contributed by atoms with Gasteiger partial charge in [-0.2, -0.15) is 0 Å². The molecule has 2 amide bonds. The number of nitrogens with zero attached hydrogens (tertiary/aromatic N) is 1. The second kappa shape index (κ2) is 6.26.